The molecular weight excluding hydrogens is 240 g/mol. The molecule has 3 rings (SSSR count). The van der Waals surface area contributed by atoms with Crippen LogP contribution in [0.25, 0.3) is 10.9 Å². The minimum absolute atomic E-state index is 0.228. The molecule has 0 atom stereocenters. The monoisotopic (exact) mass is 252 g/mol. The molecule has 3 aromatic rings. The van der Waals surface area contributed by atoms with Gasteiger partial charge in [0.1, 0.15) is 11.5 Å². The van der Waals surface area contributed by atoms with Crippen molar-refractivity contribution in [3.8, 4) is 0 Å². The van der Waals surface area contributed by atoms with Crippen molar-refractivity contribution >= 4 is 28.3 Å². The van der Waals surface area contributed by atoms with Crippen LogP contribution in [0.3, 0.4) is 0 Å². The number of carbonyl (C=O) groups excluding carboxylic acids is 1. The summed E-state index contributed by atoms with van der Waals surface area (Å²) in [7, 11) is 0. The summed E-state index contributed by atoms with van der Waals surface area (Å²) >= 11 is 0. The second kappa shape index (κ2) is 4.45. The Morgan fingerprint density at radius 1 is 1.21 bits per heavy atom. The summed E-state index contributed by atoms with van der Waals surface area (Å²) in [5.74, 6) is 0.291. The molecule has 0 saturated carbocycles. The standard InChI is InChI=1S/C14H12N4O/c15-10-4-5-11-9(7-10)8-12(17-11)14(19)18-13-3-1-2-6-16-13/h1-8,17H,15H2,(H,16,18,19). The Kier molecular flexibility index (Phi) is 2.64. The summed E-state index contributed by atoms with van der Waals surface area (Å²) in [5.41, 5.74) is 7.73. The average Bonchev–Trinajstić information content (AvgIpc) is 2.83. The largest absolute Gasteiger partial charge is 0.399 e. The van der Waals surface area contributed by atoms with Crippen molar-refractivity contribution < 1.29 is 4.79 Å². The van der Waals surface area contributed by atoms with Gasteiger partial charge in [0, 0.05) is 22.8 Å². The van der Waals surface area contributed by atoms with Crippen molar-refractivity contribution in [2.45, 2.75) is 0 Å². The van der Waals surface area contributed by atoms with Crippen LogP contribution in [0.2, 0.25) is 0 Å². The maximum atomic E-state index is 12.1. The van der Waals surface area contributed by atoms with E-state index < -0.39 is 0 Å². The summed E-state index contributed by atoms with van der Waals surface area (Å²) < 4.78 is 0. The fraction of sp³-hybridized carbons (Fsp3) is 0. The molecular formula is C14H12N4O. The first-order valence-electron chi connectivity index (χ1n) is 5.83. The van der Waals surface area contributed by atoms with E-state index >= 15 is 0 Å². The molecule has 5 heteroatoms. The number of amides is 1. The Morgan fingerprint density at radius 3 is 2.89 bits per heavy atom. The zero-order valence-electron chi connectivity index (χ0n) is 10.1. The van der Waals surface area contributed by atoms with Crippen molar-refractivity contribution in [2.24, 2.45) is 0 Å². The van der Waals surface area contributed by atoms with Crippen molar-refractivity contribution in [3.05, 3.63) is 54.4 Å². The van der Waals surface area contributed by atoms with Crippen molar-refractivity contribution in [1.82, 2.24) is 9.97 Å². The number of hydrogen-bond acceptors (Lipinski definition) is 3. The van der Waals surface area contributed by atoms with E-state index in [0.717, 1.165) is 10.9 Å². The molecule has 0 fully saturated rings. The van der Waals surface area contributed by atoms with Gasteiger partial charge in [-0.1, -0.05) is 6.07 Å². The molecule has 0 aliphatic rings. The fourth-order valence-corrected chi connectivity index (χ4v) is 1.89. The van der Waals surface area contributed by atoms with E-state index in [9.17, 15) is 4.79 Å². The number of pyridine rings is 1. The second-order valence-electron chi connectivity index (χ2n) is 4.20. The molecule has 0 saturated heterocycles. The van der Waals surface area contributed by atoms with Crippen LogP contribution < -0.4 is 11.1 Å². The van der Waals surface area contributed by atoms with Crippen LogP contribution in [0.5, 0.6) is 0 Å². The Hall–Kier alpha value is -2.82. The van der Waals surface area contributed by atoms with Crippen LogP contribution in [0.15, 0.2) is 48.7 Å². The van der Waals surface area contributed by atoms with Crippen LogP contribution in [0.1, 0.15) is 10.5 Å². The highest BCUT2D eigenvalue weighted by molar-refractivity contribution is 6.05. The van der Waals surface area contributed by atoms with E-state index in [-0.39, 0.29) is 5.91 Å². The number of nitrogens with two attached hydrogens (primary N) is 1. The first-order chi connectivity index (χ1) is 9.22. The lowest BCUT2D eigenvalue weighted by atomic mass is 10.2. The van der Waals surface area contributed by atoms with Gasteiger partial charge < -0.3 is 16.0 Å². The van der Waals surface area contributed by atoms with Gasteiger partial charge in [-0.3, -0.25) is 4.79 Å². The smallest absolute Gasteiger partial charge is 0.273 e. The summed E-state index contributed by atoms with van der Waals surface area (Å²) in [6.07, 6.45) is 1.63. The fourth-order valence-electron chi connectivity index (χ4n) is 1.89. The van der Waals surface area contributed by atoms with Crippen molar-refractivity contribution in [2.75, 3.05) is 11.1 Å². The second-order valence-corrected chi connectivity index (χ2v) is 4.20. The van der Waals surface area contributed by atoms with Crippen molar-refractivity contribution in [1.29, 1.82) is 0 Å². The van der Waals surface area contributed by atoms with Gasteiger partial charge in [-0.15, -0.1) is 0 Å². The van der Waals surface area contributed by atoms with E-state index in [4.69, 9.17) is 5.73 Å². The lowest BCUT2D eigenvalue weighted by Crippen LogP contribution is -2.12. The van der Waals surface area contributed by atoms with Gasteiger partial charge in [0.2, 0.25) is 0 Å². The summed E-state index contributed by atoms with van der Waals surface area (Å²) in [4.78, 5) is 19.1. The highest BCUT2D eigenvalue weighted by Crippen LogP contribution is 2.18. The van der Waals surface area contributed by atoms with Gasteiger partial charge in [-0.2, -0.15) is 0 Å². The number of aromatic nitrogens is 2. The topological polar surface area (TPSA) is 83.8 Å². The van der Waals surface area contributed by atoms with E-state index in [1.807, 2.05) is 18.2 Å². The van der Waals surface area contributed by atoms with Gasteiger partial charge in [0.05, 0.1) is 0 Å². The van der Waals surface area contributed by atoms with Gasteiger partial charge in [-0.05, 0) is 36.4 Å². The van der Waals surface area contributed by atoms with E-state index in [2.05, 4.69) is 15.3 Å². The molecule has 0 spiro atoms. The Morgan fingerprint density at radius 2 is 2.11 bits per heavy atom. The summed E-state index contributed by atoms with van der Waals surface area (Å²) in [6, 6.07) is 12.6. The van der Waals surface area contributed by atoms with Crippen LogP contribution in [-0.4, -0.2) is 15.9 Å². The number of aromatic amines is 1. The van der Waals surface area contributed by atoms with E-state index in [0.29, 0.717) is 17.2 Å². The van der Waals surface area contributed by atoms with Gasteiger partial charge in [0.15, 0.2) is 0 Å². The molecule has 94 valence electrons. The molecule has 0 unspecified atom stereocenters. The minimum Gasteiger partial charge on any atom is -0.399 e. The number of nitrogens with one attached hydrogen (secondary N) is 2. The number of benzene rings is 1. The summed E-state index contributed by atoms with van der Waals surface area (Å²) in [6.45, 7) is 0. The molecule has 2 heterocycles. The molecule has 4 N–H and O–H groups in total. The van der Waals surface area contributed by atoms with Gasteiger partial charge in [-0.25, -0.2) is 4.98 Å². The van der Waals surface area contributed by atoms with Gasteiger partial charge >= 0.3 is 0 Å². The zero-order valence-corrected chi connectivity index (χ0v) is 10.1. The molecule has 1 aromatic carbocycles. The zero-order chi connectivity index (χ0) is 13.2. The predicted octanol–water partition coefficient (Wildman–Crippen LogP) is 2.40. The predicted molar refractivity (Wildman–Crippen MR) is 74.9 cm³/mol. The molecule has 0 aliphatic carbocycles. The lowest BCUT2D eigenvalue weighted by molar-refractivity contribution is 0.102. The number of nitrogens with zero attached hydrogens (tertiary/aromatic N) is 1. The SMILES string of the molecule is Nc1ccc2[nH]c(C(=O)Nc3ccccn3)cc2c1. The molecule has 1 amide bonds. The van der Waals surface area contributed by atoms with Gasteiger partial charge in [0.25, 0.3) is 5.91 Å². The third kappa shape index (κ3) is 2.26. The maximum absolute atomic E-state index is 12.1. The molecule has 19 heavy (non-hydrogen) atoms. The number of nitrogen functional groups attached to an aromatic ring is 1. The molecule has 0 aliphatic heterocycles. The summed E-state index contributed by atoms with van der Waals surface area (Å²) in [5, 5.41) is 3.63. The lowest BCUT2D eigenvalue weighted by Gasteiger charge is -2.01. The highest BCUT2D eigenvalue weighted by atomic mass is 16.1. The Labute approximate surface area is 109 Å². The number of anilines is 2. The third-order valence-corrected chi connectivity index (χ3v) is 2.80. The van der Waals surface area contributed by atoms with E-state index in [1.54, 1.807) is 30.5 Å². The number of H-pyrrole nitrogens is 1. The quantitative estimate of drug-likeness (QED) is 0.612. The Bertz CT molecular complexity index is 734. The van der Waals surface area contributed by atoms with Crippen LogP contribution in [0, 0.1) is 0 Å². The average molecular weight is 252 g/mol. The molecule has 5 nitrogen and oxygen atoms in total. The number of hydrogen-bond donors (Lipinski definition) is 3. The Balaban J connectivity index is 1.89. The minimum atomic E-state index is -0.228. The van der Waals surface area contributed by atoms with Crippen LogP contribution in [0.4, 0.5) is 11.5 Å². The molecule has 2 aromatic heterocycles. The number of rotatable bonds is 2. The van der Waals surface area contributed by atoms with Crippen molar-refractivity contribution in [3.63, 3.8) is 0 Å². The normalized spacial score (nSPS) is 10.5. The number of carbonyl (C=O) groups is 1. The first-order valence-corrected chi connectivity index (χ1v) is 5.83. The molecule has 0 bridgehead atoms. The van der Waals surface area contributed by atoms with E-state index in [1.165, 1.54) is 0 Å². The van der Waals surface area contributed by atoms with Crippen LogP contribution >= 0.6 is 0 Å². The molecule has 0 radical (unpaired) electrons. The number of fused-ring (bicyclic) bond motifs is 1. The first kappa shape index (κ1) is 11.3. The third-order valence-electron chi connectivity index (χ3n) is 2.80. The highest BCUT2D eigenvalue weighted by Gasteiger charge is 2.10. The maximum Gasteiger partial charge on any atom is 0.273 e. The van der Waals surface area contributed by atoms with Crippen LogP contribution in [-0.2, 0) is 0 Å².